The van der Waals surface area contributed by atoms with E-state index in [4.69, 9.17) is 0 Å². The van der Waals surface area contributed by atoms with Gasteiger partial charge in [-0.2, -0.15) is 0 Å². The summed E-state index contributed by atoms with van der Waals surface area (Å²) in [4.78, 5) is 0. The Morgan fingerprint density at radius 1 is 0.375 bits per heavy atom. The summed E-state index contributed by atoms with van der Waals surface area (Å²) in [5.41, 5.74) is 18.8. The van der Waals surface area contributed by atoms with E-state index in [-0.39, 0.29) is 10.8 Å². The van der Waals surface area contributed by atoms with Crippen molar-refractivity contribution in [2.45, 2.75) is 49.4 Å². The van der Waals surface area contributed by atoms with Crippen molar-refractivity contribution in [1.82, 2.24) is 0 Å². The van der Waals surface area contributed by atoms with Crippen LogP contribution in [0, 0.1) is 0 Å². The molecule has 0 aromatic heterocycles. The van der Waals surface area contributed by atoms with Crippen LogP contribution >= 0.6 is 0 Å². The molecule has 0 spiro atoms. The fourth-order valence-electron chi connectivity index (χ4n) is 12.8. The van der Waals surface area contributed by atoms with Gasteiger partial charge in [-0.15, -0.1) is 0 Å². The molecular weight excluding hydrogens is 769 g/mol. The quantitative estimate of drug-likeness (QED) is 0.162. The van der Waals surface area contributed by atoms with Crippen molar-refractivity contribution in [3.8, 4) is 33.4 Å². The van der Waals surface area contributed by atoms with E-state index in [0.717, 1.165) is 10.4 Å². The Kier molecular flexibility index (Phi) is 8.17. The lowest BCUT2D eigenvalue weighted by molar-refractivity contribution is 0.414. The first-order valence-corrected chi connectivity index (χ1v) is 22.7. The van der Waals surface area contributed by atoms with Crippen LogP contribution in [0.25, 0.3) is 56.8 Å². The number of rotatable bonds is 5. The van der Waals surface area contributed by atoms with Crippen LogP contribution in [0.3, 0.4) is 0 Å². The summed E-state index contributed by atoms with van der Waals surface area (Å²) < 4.78 is 0. The molecule has 0 unspecified atom stereocenters. The van der Waals surface area contributed by atoms with Crippen molar-refractivity contribution in [3.05, 3.63) is 273 Å². The fourth-order valence-corrected chi connectivity index (χ4v) is 12.8. The number of benzene rings is 9. The Bertz CT molecular complexity index is 3420. The molecule has 0 amide bonds. The highest BCUT2D eigenvalue weighted by Crippen LogP contribution is 2.68. The largest absolute Gasteiger partial charge is 0.0990 e. The van der Waals surface area contributed by atoms with Gasteiger partial charge in [-0.3, -0.25) is 0 Å². The minimum Gasteiger partial charge on any atom is -0.0990 e. The first-order chi connectivity index (χ1) is 31.1. The van der Waals surface area contributed by atoms with Crippen molar-refractivity contribution < 1.29 is 0 Å². The van der Waals surface area contributed by atoms with Crippen LogP contribution in [-0.4, -0.2) is 0 Å². The predicted octanol–water partition coefficient (Wildman–Crippen LogP) is 14.2. The molecule has 12 rings (SSSR count). The number of hydrogen-bond donors (Lipinski definition) is 0. The molecule has 9 aromatic carbocycles. The molecule has 0 heteroatoms. The summed E-state index contributed by atoms with van der Waals surface area (Å²) in [5, 5.41) is 4.72. The van der Waals surface area contributed by atoms with Gasteiger partial charge < -0.3 is 0 Å². The average molecular weight is 819 g/mol. The lowest BCUT2D eigenvalue weighted by Crippen LogP contribution is -2.55. The minimum absolute atomic E-state index is 0.231. The molecule has 0 radical (unpaired) electrons. The predicted molar refractivity (Wildman–Crippen MR) is 269 cm³/mol. The molecule has 3 aliphatic rings. The van der Waals surface area contributed by atoms with E-state index < -0.39 is 10.8 Å². The number of fused-ring (bicyclic) bond motifs is 11. The summed E-state index contributed by atoms with van der Waals surface area (Å²) in [7, 11) is 0. The minimum atomic E-state index is -0.781. The third-order valence-electron chi connectivity index (χ3n) is 15.6. The fraction of sp³-hybridized carbons (Fsp3) is 0.125. The van der Waals surface area contributed by atoms with Crippen molar-refractivity contribution in [3.63, 3.8) is 0 Å². The second kappa shape index (κ2) is 13.6. The maximum Gasteiger partial charge on any atom is 0.0635 e. The van der Waals surface area contributed by atoms with E-state index in [0.29, 0.717) is 0 Å². The van der Waals surface area contributed by atoms with Gasteiger partial charge in [0.05, 0.1) is 10.8 Å². The molecule has 306 valence electrons. The zero-order valence-corrected chi connectivity index (χ0v) is 37.0. The van der Waals surface area contributed by atoms with Crippen molar-refractivity contribution in [2.75, 3.05) is 0 Å². The third kappa shape index (κ3) is 4.78. The summed E-state index contributed by atoms with van der Waals surface area (Å²) in [6, 6.07) is 74.3. The molecule has 0 aliphatic heterocycles. The molecule has 0 atom stereocenters. The SMILES string of the molecule is C=C/C=c1/c2c(ccc1=C)C(C)(C)c1cc3c(cc1-2)C(c1ccccc1)(c1ccccc1)C(c1ccccc1)(c1ccccc1)c1cc2c(cc1-3)C(C)(C)c1ccc3ccccc3c1-2. The summed E-state index contributed by atoms with van der Waals surface area (Å²) in [5.74, 6) is 0. The standard InChI is InChI=1S/C64H50/c1-7-22-47-41(2)33-35-53-59(47)51-39-57-49(37-55(51)61(53,3)4)50-38-56-52(60-48-32-21-20-23-42(48)34-36-54(60)62(56,5)6)40-58(50)64(45-28-16-10-17-29-45,46-30-18-11-19-31-46)63(57,43-24-12-8-13-25-43)44-26-14-9-15-27-44/h7-40H,1-2H2,3-6H3/b47-22+. The zero-order chi connectivity index (χ0) is 43.6. The van der Waals surface area contributed by atoms with Gasteiger partial charge in [0.1, 0.15) is 0 Å². The first kappa shape index (κ1) is 38.4. The highest BCUT2D eigenvalue weighted by Gasteiger charge is 2.62. The van der Waals surface area contributed by atoms with E-state index in [1.54, 1.807) is 0 Å². The molecular formula is C64H50. The maximum atomic E-state index is 4.58. The Hall–Kier alpha value is -7.28. The van der Waals surface area contributed by atoms with E-state index >= 15 is 0 Å². The summed E-state index contributed by atoms with van der Waals surface area (Å²) in [6.45, 7) is 18.4. The van der Waals surface area contributed by atoms with Crippen LogP contribution in [-0.2, 0) is 21.7 Å². The van der Waals surface area contributed by atoms with Crippen LogP contribution < -0.4 is 10.4 Å². The number of hydrogen-bond acceptors (Lipinski definition) is 0. The molecule has 0 heterocycles. The van der Waals surface area contributed by atoms with E-state index in [9.17, 15) is 0 Å². The van der Waals surface area contributed by atoms with Crippen LogP contribution in [0.5, 0.6) is 0 Å². The molecule has 3 aliphatic carbocycles. The van der Waals surface area contributed by atoms with Gasteiger partial charge >= 0.3 is 0 Å². The molecule has 0 fully saturated rings. The van der Waals surface area contributed by atoms with Gasteiger partial charge in [-0.1, -0.05) is 223 Å². The van der Waals surface area contributed by atoms with E-state index in [1.807, 2.05) is 6.08 Å². The number of allylic oxidation sites excluding steroid dienone is 1. The topological polar surface area (TPSA) is 0 Å². The van der Waals surface area contributed by atoms with Gasteiger partial charge in [0.15, 0.2) is 0 Å². The van der Waals surface area contributed by atoms with Gasteiger partial charge in [0.25, 0.3) is 0 Å². The normalized spacial score (nSPS) is 16.5. The smallest absolute Gasteiger partial charge is 0.0635 e. The molecule has 0 saturated heterocycles. The molecule has 0 saturated carbocycles. The van der Waals surface area contributed by atoms with Crippen LogP contribution in [0.2, 0.25) is 0 Å². The maximum absolute atomic E-state index is 4.58. The second-order valence-electron chi connectivity index (χ2n) is 19.3. The van der Waals surface area contributed by atoms with Crippen molar-refractivity contribution >= 4 is 23.4 Å². The van der Waals surface area contributed by atoms with E-state index in [1.165, 1.54) is 99.8 Å². The second-order valence-corrected chi connectivity index (χ2v) is 19.3. The van der Waals surface area contributed by atoms with Gasteiger partial charge in [0.2, 0.25) is 0 Å². The summed E-state index contributed by atoms with van der Waals surface area (Å²) in [6.07, 6.45) is 4.08. The van der Waals surface area contributed by atoms with Crippen molar-refractivity contribution in [2.24, 2.45) is 0 Å². The van der Waals surface area contributed by atoms with Crippen LogP contribution in [0.4, 0.5) is 0 Å². The molecule has 0 bridgehead atoms. The monoisotopic (exact) mass is 818 g/mol. The first-order valence-electron chi connectivity index (χ1n) is 22.7. The zero-order valence-electron chi connectivity index (χ0n) is 37.0. The molecule has 9 aromatic rings. The Morgan fingerprint density at radius 2 is 0.766 bits per heavy atom. The Morgan fingerprint density at radius 3 is 1.23 bits per heavy atom. The Balaban J connectivity index is 1.38. The van der Waals surface area contributed by atoms with E-state index in [2.05, 4.69) is 241 Å². The lowest BCUT2D eigenvalue weighted by atomic mass is 9.43. The highest BCUT2D eigenvalue weighted by atomic mass is 14.6. The Labute approximate surface area is 377 Å². The molecule has 0 N–H and O–H groups in total. The highest BCUT2D eigenvalue weighted by molar-refractivity contribution is 6.04. The van der Waals surface area contributed by atoms with Crippen LogP contribution in [0.15, 0.2) is 207 Å². The molecule has 64 heavy (non-hydrogen) atoms. The van der Waals surface area contributed by atoms with Gasteiger partial charge in [-0.05, 0) is 134 Å². The summed E-state index contributed by atoms with van der Waals surface area (Å²) >= 11 is 0. The van der Waals surface area contributed by atoms with Crippen LogP contribution in [0.1, 0.15) is 83.3 Å². The molecule has 0 nitrogen and oxygen atoms in total. The van der Waals surface area contributed by atoms with Crippen molar-refractivity contribution in [1.29, 1.82) is 0 Å². The lowest BCUT2D eigenvalue weighted by Gasteiger charge is -2.57. The van der Waals surface area contributed by atoms with Gasteiger partial charge in [-0.25, -0.2) is 0 Å². The average Bonchev–Trinajstić information content (AvgIpc) is 3.70. The van der Waals surface area contributed by atoms with Gasteiger partial charge in [0, 0.05) is 10.8 Å². The third-order valence-corrected chi connectivity index (χ3v) is 15.6.